The van der Waals surface area contributed by atoms with Crippen LogP contribution in [0.5, 0.6) is 0 Å². The number of allylic oxidation sites excluding steroid dienone is 2. The molecule has 0 spiro atoms. The quantitative estimate of drug-likeness (QED) is 0.710. The van der Waals surface area contributed by atoms with Crippen molar-refractivity contribution in [2.45, 2.75) is 25.9 Å². The van der Waals surface area contributed by atoms with Crippen LogP contribution in [0.3, 0.4) is 0 Å². The third kappa shape index (κ3) is 1.70. The molecule has 0 radical (unpaired) electrons. The number of ether oxygens (including phenoxy) is 1. The second-order valence-electron chi connectivity index (χ2n) is 6.28. The smallest absolute Gasteiger partial charge is 0.150 e. The first kappa shape index (κ1) is 13.3. The molecule has 0 unspecified atom stereocenters. The van der Waals surface area contributed by atoms with Gasteiger partial charge in [0.05, 0.1) is 0 Å². The average Bonchev–Trinajstić information content (AvgIpc) is 2.81. The number of Topliss-reactive ketones (excluding diaryl/α,β-unsaturated/α-hetero) is 1. The Morgan fingerprint density at radius 2 is 1.95 bits per heavy atom. The standard InChI is InChI=1S/C20H18O2/c1-13-19(22-18-9-5-8-17(21)20(13,18)2)16-11-10-14-6-3-4-7-15(14)12-16/h3-4,6-7,9-12,19H,1,5,8H2,2H3/t19-,20+/m0/s1. The lowest BCUT2D eigenvalue weighted by atomic mass is 9.72. The highest BCUT2D eigenvalue weighted by Gasteiger charge is 2.51. The van der Waals surface area contributed by atoms with Crippen molar-refractivity contribution in [2.75, 3.05) is 0 Å². The zero-order chi connectivity index (χ0) is 15.3. The monoisotopic (exact) mass is 290 g/mol. The molecule has 2 nitrogen and oxygen atoms in total. The van der Waals surface area contributed by atoms with E-state index in [-0.39, 0.29) is 11.9 Å². The zero-order valence-electron chi connectivity index (χ0n) is 12.6. The maximum atomic E-state index is 12.4. The van der Waals surface area contributed by atoms with Gasteiger partial charge < -0.3 is 4.74 Å². The fourth-order valence-electron chi connectivity index (χ4n) is 3.53. The van der Waals surface area contributed by atoms with E-state index >= 15 is 0 Å². The van der Waals surface area contributed by atoms with Crippen LogP contribution in [-0.4, -0.2) is 5.78 Å². The minimum Gasteiger partial charge on any atom is -0.485 e. The molecular formula is C20H18O2. The molecule has 0 saturated carbocycles. The van der Waals surface area contributed by atoms with E-state index in [2.05, 4.69) is 36.9 Å². The van der Waals surface area contributed by atoms with Crippen LogP contribution < -0.4 is 0 Å². The predicted octanol–water partition coefficient (Wildman–Crippen LogP) is 4.72. The first-order chi connectivity index (χ1) is 10.6. The first-order valence-electron chi connectivity index (χ1n) is 7.69. The molecular weight excluding hydrogens is 272 g/mol. The average molecular weight is 290 g/mol. The molecule has 110 valence electrons. The van der Waals surface area contributed by atoms with Crippen LogP contribution in [0, 0.1) is 5.41 Å². The van der Waals surface area contributed by atoms with Crippen molar-refractivity contribution in [3.63, 3.8) is 0 Å². The number of carbonyl (C=O) groups is 1. The van der Waals surface area contributed by atoms with E-state index in [1.54, 1.807) is 0 Å². The summed E-state index contributed by atoms with van der Waals surface area (Å²) < 4.78 is 6.13. The molecule has 1 fully saturated rings. The maximum absolute atomic E-state index is 12.4. The number of ketones is 1. The summed E-state index contributed by atoms with van der Waals surface area (Å²) in [6, 6.07) is 14.6. The normalized spacial score (nSPS) is 27.5. The zero-order valence-corrected chi connectivity index (χ0v) is 12.6. The molecule has 1 saturated heterocycles. The lowest BCUT2D eigenvalue weighted by Gasteiger charge is -2.26. The number of rotatable bonds is 1. The van der Waals surface area contributed by atoms with Crippen LogP contribution in [0.2, 0.25) is 0 Å². The minimum atomic E-state index is -0.644. The van der Waals surface area contributed by atoms with E-state index in [4.69, 9.17) is 4.74 Å². The highest BCUT2D eigenvalue weighted by atomic mass is 16.5. The number of hydrogen-bond donors (Lipinski definition) is 0. The molecule has 2 heteroatoms. The summed E-state index contributed by atoms with van der Waals surface area (Å²) in [4.78, 5) is 12.4. The third-order valence-corrected chi connectivity index (χ3v) is 5.03. The van der Waals surface area contributed by atoms with Crippen molar-refractivity contribution in [1.29, 1.82) is 0 Å². The van der Waals surface area contributed by atoms with Gasteiger partial charge in [-0.3, -0.25) is 4.79 Å². The summed E-state index contributed by atoms with van der Waals surface area (Å²) >= 11 is 0. The Balaban J connectivity index is 1.80. The Hall–Kier alpha value is -2.35. The predicted molar refractivity (Wildman–Crippen MR) is 87.3 cm³/mol. The Bertz CT molecular complexity index is 830. The van der Waals surface area contributed by atoms with Crippen LogP contribution in [0.1, 0.15) is 31.4 Å². The Labute approximate surface area is 130 Å². The van der Waals surface area contributed by atoms with Gasteiger partial charge in [0.25, 0.3) is 0 Å². The molecule has 2 aliphatic rings. The summed E-state index contributed by atoms with van der Waals surface area (Å²) in [6.07, 6.45) is 3.16. The molecule has 1 aliphatic heterocycles. The number of carbonyl (C=O) groups excluding carboxylic acids is 1. The minimum absolute atomic E-state index is 0.221. The van der Waals surface area contributed by atoms with Crippen LogP contribution in [0.4, 0.5) is 0 Å². The van der Waals surface area contributed by atoms with Crippen molar-refractivity contribution >= 4 is 16.6 Å². The molecule has 0 N–H and O–H groups in total. The van der Waals surface area contributed by atoms with Crippen LogP contribution in [0.25, 0.3) is 10.8 Å². The molecule has 0 amide bonds. The molecule has 1 aliphatic carbocycles. The summed E-state index contributed by atoms with van der Waals surface area (Å²) in [7, 11) is 0. The first-order valence-corrected chi connectivity index (χ1v) is 7.69. The van der Waals surface area contributed by atoms with Gasteiger partial charge >= 0.3 is 0 Å². The fraction of sp³-hybridized carbons (Fsp3) is 0.250. The van der Waals surface area contributed by atoms with Crippen LogP contribution in [-0.2, 0) is 9.53 Å². The Morgan fingerprint density at radius 3 is 2.73 bits per heavy atom. The van der Waals surface area contributed by atoms with E-state index in [1.165, 1.54) is 10.8 Å². The van der Waals surface area contributed by atoms with Crippen LogP contribution >= 0.6 is 0 Å². The number of fused-ring (bicyclic) bond motifs is 2. The molecule has 0 bridgehead atoms. The lowest BCUT2D eigenvalue weighted by Crippen LogP contribution is -2.30. The second-order valence-corrected chi connectivity index (χ2v) is 6.28. The van der Waals surface area contributed by atoms with E-state index in [1.807, 2.05) is 25.1 Å². The third-order valence-electron chi connectivity index (χ3n) is 5.03. The summed E-state index contributed by atoms with van der Waals surface area (Å²) in [5.74, 6) is 1.00. The highest BCUT2D eigenvalue weighted by molar-refractivity contribution is 5.92. The van der Waals surface area contributed by atoms with Crippen molar-refractivity contribution < 1.29 is 9.53 Å². The van der Waals surface area contributed by atoms with E-state index in [0.717, 1.165) is 23.3 Å². The molecule has 22 heavy (non-hydrogen) atoms. The van der Waals surface area contributed by atoms with Crippen molar-refractivity contribution in [2.24, 2.45) is 5.41 Å². The van der Waals surface area contributed by atoms with Crippen molar-refractivity contribution in [3.05, 3.63) is 72.0 Å². The summed E-state index contributed by atoms with van der Waals surface area (Å²) in [5.41, 5.74) is 1.28. The van der Waals surface area contributed by atoms with Crippen molar-refractivity contribution in [1.82, 2.24) is 0 Å². The highest BCUT2D eigenvalue weighted by Crippen LogP contribution is 2.54. The lowest BCUT2D eigenvalue weighted by molar-refractivity contribution is -0.125. The van der Waals surface area contributed by atoms with Gasteiger partial charge in [-0.2, -0.15) is 0 Å². The largest absolute Gasteiger partial charge is 0.485 e. The van der Waals surface area contributed by atoms with Gasteiger partial charge in [0, 0.05) is 6.42 Å². The molecule has 0 aromatic heterocycles. The van der Waals surface area contributed by atoms with E-state index in [0.29, 0.717) is 6.42 Å². The van der Waals surface area contributed by atoms with E-state index < -0.39 is 5.41 Å². The van der Waals surface area contributed by atoms with E-state index in [9.17, 15) is 4.79 Å². The topological polar surface area (TPSA) is 26.3 Å². The molecule has 4 rings (SSSR count). The van der Waals surface area contributed by atoms with Gasteiger partial charge in [-0.1, -0.05) is 43.0 Å². The van der Waals surface area contributed by atoms with Gasteiger partial charge in [-0.25, -0.2) is 0 Å². The van der Waals surface area contributed by atoms with Gasteiger partial charge in [-0.15, -0.1) is 0 Å². The Morgan fingerprint density at radius 1 is 1.18 bits per heavy atom. The fourth-order valence-corrected chi connectivity index (χ4v) is 3.53. The van der Waals surface area contributed by atoms with Crippen molar-refractivity contribution in [3.8, 4) is 0 Å². The van der Waals surface area contributed by atoms with Gasteiger partial charge in [-0.05, 0) is 47.4 Å². The SMILES string of the molecule is C=C1[C@@H](c2ccc3ccccc3c2)OC2=CCCC(=O)[C@@]12C. The summed E-state index contributed by atoms with van der Waals surface area (Å²) in [5, 5.41) is 2.38. The molecule has 1 heterocycles. The van der Waals surface area contributed by atoms with Crippen LogP contribution in [0.15, 0.2) is 66.5 Å². The molecule has 2 atom stereocenters. The number of benzene rings is 2. The van der Waals surface area contributed by atoms with Gasteiger partial charge in [0.1, 0.15) is 17.3 Å². The molecule has 2 aromatic carbocycles. The van der Waals surface area contributed by atoms with Gasteiger partial charge in [0.2, 0.25) is 0 Å². The number of hydrogen-bond acceptors (Lipinski definition) is 2. The molecule has 2 aromatic rings. The Kier molecular flexibility index (Phi) is 2.77. The van der Waals surface area contributed by atoms with Gasteiger partial charge in [0.15, 0.2) is 5.78 Å². The maximum Gasteiger partial charge on any atom is 0.150 e. The summed E-state index contributed by atoms with van der Waals surface area (Å²) in [6.45, 7) is 6.16. The second kappa shape index (κ2) is 4.57.